The van der Waals surface area contributed by atoms with Gasteiger partial charge in [0.2, 0.25) is 11.8 Å². The lowest BCUT2D eigenvalue weighted by Crippen LogP contribution is -2.31. The predicted molar refractivity (Wildman–Crippen MR) is 109 cm³/mol. The van der Waals surface area contributed by atoms with E-state index in [0.29, 0.717) is 31.2 Å². The first-order valence-corrected chi connectivity index (χ1v) is 9.20. The van der Waals surface area contributed by atoms with Gasteiger partial charge in [-0.25, -0.2) is 4.98 Å². The van der Waals surface area contributed by atoms with Crippen LogP contribution in [0.15, 0.2) is 47.5 Å². The second-order valence-electron chi connectivity index (χ2n) is 6.59. The van der Waals surface area contributed by atoms with E-state index < -0.39 is 0 Å². The minimum Gasteiger partial charge on any atom is -0.481 e. The summed E-state index contributed by atoms with van der Waals surface area (Å²) in [5.74, 6) is 0.501. The van der Waals surface area contributed by atoms with Crippen molar-refractivity contribution in [2.24, 2.45) is 0 Å². The zero-order valence-electron chi connectivity index (χ0n) is 16.1. The highest BCUT2D eigenvalue weighted by Gasteiger charge is 2.25. The fourth-order valence-electron chi connectivity index (χ4n) is 3.14. The van der Waals surface area contributed by atoms with Crippen molar-refractivity contribution in [1.29, 1.82) is 0 Å². The van der Waals surface area contributed by atoms with Gasteiger partial charge in [0.25, 0.3) is 5.56 Å². The zero-order chi connectivity index (χ0) is 19.9. The van der Waals surface area contributed by atoms with Gasteiger partial charge in [0, 0.05) is 55.8 Å². The number of methoxy groups -OCH3 is 1. The summed E-state index contributed by atoms with van der Waals surface area (Å²) in [6.07, 6.45) is 7.51. The molecule has 3 heterocycles. The van der Waals surface area contributed by atoms with Gasteiger partial charge in [-0.2, -0.15) is 0 Å². The van der Waals surface area contributed by atoms with Gasteiger partial charge in [-0.3, -0.25) is 9.59 Å². The average molecular weight is 383 g/mol. The second-order valence-corrected chi connectivity index (χ2v) is 6.59. The molecule has 0 radical (unpaired) electrons. The number of likely N-dealkylation sites (N-methyl/N-ethyl adjacent to an activating group) is 1. The number of carbonyl (C=O) groups excluding carboxylic acids is 1. The number of aromatic nitrogens is 2. The fourth-order valence-corrected chi connectivity index (χ4v) is 3.14. The normalized spacial score (nSPS) is 16.5. The molecule has 8 nitrogen and oxygen atoms in total. The van der Waals surface area contributed by atoms with Crippen LogP contribution in [0.3, 0.4) is 0 Å². The van der Waals surface area contributed by atoms with Crippen molar-refractivity contribution in [2.45, 2.75) is 12.5 Å². The SMILES string of the molecule is CNC/C=C/C(=O)N1CC[C@@H](Nc2cc(-c3ccnc(OC)c3)c[nH]c2=O)C1. The monoisotopic (exact) mass is 383 g/mol. The molecule has 1 fully saturated rings. The summed E-state index contributed by atoms with van der Waals surface area (Å²) in [5, 5.41) is 6.25. The lowest BCUT2D eigenvalue weighted by atomic mass is 10.1. The summed E-state index contributed by atoms with van der Waals surface area (Å²) in [6, 6.07) is 5.51. The molecule has 2 aromatic heterocycles. The molecule has 148 valence electrons. The van der Waals surface area contributed by atoms with E-state index in [9.17, 15) is 9.59 Å². The molecule has 8 heteroatoms. The van der Waals surface area contributed by atoms with Crippen LogP contribution in [0.1, 0.15) is 6.42 Å². The summed E-state index contributed by atoms with van der Waals surface area (Å²) in [7, 11) is 3.39. The Kier molecular flexibility index (Phi) is 6.44. The third-order valence-electron chi connectivity index (χ3n) is 4.62. The molecule has 0 aromatic carbocycles. The van der Waals surface area contributed by atoms with E-state index in [4.69, 9.17) is 4.74 Å². The van der Waals surface area contributed by atoms with E-state index >= 15 is 0 Å². The van der Waals surface area contributed by atoms with Crippen LogP contribution in [-0.2, 0) is 4.79 Å². The molecule has 0 spiro atoms. The highest BCUT2D eigenvalue weighted by atomic mass is 16.5. The third kappa shape index (κ3) is 4.77. The maximum Gasteiger partial charge on any atom is 0.271 e. The highest BCUT2D eigenvalue weighted by Crippen LogP contribution is 2.23. The van der Waals surface area contributed by atoms with Crippen LogP contribution in [-0.4, -0.2) is 60.6 Å². The smallest absolute Gasteiger partial charge is 0.271 e. The molecule has 1 aliphatic rings. The van der Waals surface area contributed by atoms with Crippen LogP contribution in [0.2, 0.25) is 0 Å². The summed E-state index contributed by atoms with van der Waals surface area (Å²) >= 11 is 0. The summed E-state index contributed by atoms with van der Waals surface area (Å²) in [5.41, 5.74) is 2.04. The number of carbonyl (C=O) groups is 1. The third-order valence-corrected chi connectivity index (χ3v) is 4.62. The van der Waals surface area contributed by atoms with Gasteiger partial charge in [0.15, 0.2) is 0 Å². The van der Waals surface area contributed by atoms with E-state index in [-0.39, 0.29) is 17.5 Å². The van der Waals surface area contributed by atoms with Gasteiger partial charge < -0.3 is 25.3 Å². The Morgan fingerprint density at radius 1 is 1.43 bits per heavy atom. The largest absolute Gasteiger partial charge is 0.481 e. The van der Waals surface area contributed by atoms with Crippen LogP contribution < -0.4 is 20.9 Å². The summed E-state index contributed by atoms with van der Waals surface area (Å²) < 4.78 is 5.16. The molecule has 0 aliphatic carbocycles. The maximum absolute atomic E-state index is 12.2. The van der Waals surface area contributed by atoms with Crippen molar-refractivity contribution in [2.75, 3.05) is 39.1 Å². The number of amides is 1. The number of nitrogens with one attached hydrogen (secondary N) is 3. The Balaban J connectivity index is 1.69. The number of hydrogen-bond donors (Lipinski definition) is 3. The van der Waals surface area contributed by atoms with E-state index in [1.165, 1.54) is 0 Å². The van der Waals surface area contributed by atoms with Gasteiger partial charge in [-0.15, -0.1) is 0 Å². The predicted octanol–water partition coefficient (Wildman–Crippen LogP) is 1.23. The van der Waals surface area contributed by atoms with Crippen LogP contribution >= 0.6 is 0 Å². The van der Waals surface area contributed by atoms with E-state index in [2.05, 4.69) is 20.6 Å². The Morgan fingerprint density at radius 2 is 2.29 bits per heavy atom. The lowest BCUT2D eigenvalue weighted by molar-refractivity contribution is -0.125. The Bertz CT molecular complexity index is 909. The number of ether oxygens (including phenoxy) is 1. The number of anilines is 1. The molecule has 1 atom stereocenters. The molecular weight excluding hydrogens is 358 g/mol. The topological polar surface area (TPSA) is 99.3 Å². The molecule has 28 heavy (non-hydrogen) atoms. The number of nitrogens with zero attached hydrogens (tertiary/aromatic N) is 2. The van der Waals surface area contributed by atoms with Crippen molar-refractivity contribution in [3.05, 3.63) is 53.1 Å². The minimum absolute atomic E-state index is 0.00825. The van der Waals surface area contributed by atoms with Crippen molar-refractivity contribution in [3.63, 3.8) is 0 Å². The van der Waals surface area contributed by atoms with Crippen molar-refractivity contribution >= 4 is 11.6 Å². The second kappa shape index (κ2) is 9.18. The van der Waals surface area contributed by atoms with Crippen LogP contribution in [0, 0.1) is 0 Å². The van der Waals surface area contributed by atoms with Crippen molar-refractivity contribution in [3.8, 4) is 17.0 Å². The van der Waals surface area contributed by atoms with E-state index in [1.807, 2.05) is 25.2 Å². The van der Waals surface area contributed by atoms with E-state index in [0.717, 1.165) is 17.5 Å². The average Bonchev–Trinajstić information content (AvgIpc) is 3.18. The molecule has 1 saturated heterocycles. The number of rotatable bonds is 7. The molecule has 0 bridgehead atoms. The molecule has 1 aliphatic heterocycles. The fraction of sp³-hybridized carbons (Fsp3) is 0.350. The van der Waals surface area contributed by atoms with E-state index in [1.54, 1.807) is 36.6 Å². The van der Waals surface area contributed by atoms with Gasteiger partial charge in [-0.1, -0.05) is 6.08 Å². The van der Waals surface area contributed by atoms with Gasteiger partial charge >= 0.3 is 0 Å². The Hall–Kier alpha value is -3.13. The van der Waals surface area contributed by atoms with Gasteiger partial charge in [0.1, 0.15) is 5.69 Å². The van der Waals surface area contributed by atoms with Crippen molar-refractivity contribution < 1.29 is 9.53 Å². The Labute approximate surface area is 163 Å². The van der Waals surface area contributed by atoms with Gasteiger partial charge in [0.05, 0.1) is 7.11 Å². The molecular formula is C20H25N5O3. The molecule has 1 amide bonds. The van der Waals surface area contributed by atoms with Crippen LogP contribution in [0.5, 0.6) is 5.88 Å². The molecule has 2 aromatic rings. The minimum atomic E-state index is -0.191. The van der Waals surface area contributed by atoms with Crippen molar-refractivity contribution in [1.82, 2.24) is 20.2 Å². The highest BCUT2D eigenvalue weighted by molar-refractivity contribution is 5.87. The van der Waals surface area contributed by atoms with Crippen LogP contribution in [0.4, 0.5) is 5.69 Å². The number of aromatic amines is 1. The van der Waals surface area contributed by atoms with Gasteiger partial charge in [-0.05, 0) is 31.2 Å². The first-order valence-electron chi connectivity index (χ1n) is 9.20. The summed E-state index contributed by atoms with van der Waals surface area (Å²) in [4.78, 5) is 33.1. The zero-order valence-corrected chi connectivity index (χ0v) is 16.1. The maximum atomic E-state index is 12.2. The van der Waals surface area contributed by atoms with Crippen LogP contribution in [0.25, 0.3) is 11.1 Å². The standard InChI is InChI=1S/C20H25N5O3/c1-21-7-3-4-19(26)25-9-6-16(13-25)24-17-10-15(12-23-20(17)27)14-5-8-22-18(11-14)28-2/h3-5,8,10-12,16,21,24H,6-7,9,13H2,1-2H3,(H,23,27)/b4-3+/t16-/m1/s1. The first kappa shape index (κ1) is 19.6. The number of hydrogen-bond acceptors (Lipinski definition) is 6. The Morgan fingerprint density at radius 3 is 3.07 bits per heavy atom. The molecule has 0 unspecified atom stereocenters. The molecule has 0 saturated carbocycles. The number of pyridine rings is 2. The molecule has 3 rings (SSSR count). The summed E-state index contributed by atoms with van der Waals surface area (Å²) in [6.45, 7) is 1.89. The first-order chi connectivity index (χ1) is 13.6. The number of H-pyrrole nitrogens is 1. The quantitative estimate of drug-likeness (QED) is 0.622. The lowest BCUT2D eigenvalue weighted by Gasteiger charge is -2.16. The molecule has 3 N–H and O–H groups in total. The number of likely N-dealkylation sites (tertiary alicyclic amines) is 1.